The van der Waals surface area contributed by atoms with Gasteiger partial charge in [0.15, 0.2) is 11.5 Å². The van der Waals surface area contributed by atoms with Crippen LogP contribution >= 0.6 is 0 Å². The van der Waals surface area contributed by atoms with E-state index < -0.39 is 5.41 Å². The van der Waals surface area contributed by atoms with Gasteiger partial charge in [0.1, 0.15) is 6.07 Å². The van der Waals surface area contributed by atoms with Crippen molar-refractivity contribution in [3.63, 3.8) is 0 Å². The Morgan fingerprint density at radius 3 is 2.38 bits per heavy atom. The summed E-state index contributed by atoms with van der Waals surface area (Å²) >= 11 is 0. The molecule has 0 aromatic heterocycles. The summed E-state index contributed by atoms with van der Waals surface area (Å²) in [7, 11) is 3.12. The summed E-state index contributed by atoms with van der Waals surface area (Å²) in [6, 6.07) is 14.4. The van der Waals surface area contributed by atoms with Crippen molar-refractivity contribution in [2.45, 2.75) is 19.3 Å². The molecule has 5 nitrogen and oxygen atoms in total. The summed E-state index contributed by atoms with van der Waals surface area (Å²) in [6.45, 7) is 3.64. The second kappa shape index (κ2) is 7.05. The third-order valence-corrected chi connectivity index (χ3v) is 3.97. The van der Waals surface area contributed by atoms with E-state index in [1.165, 1.54) is 0 Å². The minimum absolute atomic E-state index is 0.211. The Hall–Kier alpha value is -3.00. The second-order valence-corrected chi connectivity index (χ2v) is 5.81. The molecule has 1 amide bonds. The summed E-state index contributed by atoms with van der Waals surface area (Å²) in [4.78, 5) is 12.8. The predicted molar refractivity (Wildman–Crippen MR) is 92.4 cm³/mol. The minimum atomic E-state index is -0.817. The van der Waals surface area contributed by atoms with Crippen molar-refractivity contribution in [2.75, 3.05) is 19.5 Å². The molecule has 1 N–H and O–H groups in total. The second-order valence-electron chi connectivity index (χ2n) is 5.81. The first-order valence-corrected chi connectivity index (χ1v) is 7.47. The molecule has 0 saturated carbocycles. The standard InChI is InChI=1S/C19H20N2O3/c1-19(2,14-9-10-16(23-3)17(11-14)24-4)18(22)21-15-8-6-5-7-13(15)12-20/h5-11H,1-4H3,(H,21,22). The van der Waals surface area contributed by atoms with E-state index >= 15 is 0 Å². The average Bonchev–Trinajstić information content (AvgIpc) is 2.61. The quantitative estimate of drug-likeness (QED) is 0.914. The van der Waals surface area contributed by atoms with Gasteiger partial charge in [-0.15, -0.1) is 0 Å². The molecule has 0 heterocycles. The van der Waals surface area contributed by atoms with Gasteiger partial charge in [0, 0.05) is 0 Å². The van der Waals surface area contributed by atoms with E-state index in [4.69, 9.17) is 14.7 Å². The van der Waals surface area contributed by atoms with Gasteiger partial charge in [-0.05, 0) is 43.7 Å². The van der Waals surface area contributed by atoms with Crippen molar-refractivity contribution in [2.24, 2.45) is 0 Å². The molecule has 0 fully saturated rings. The molecule has 2 aromatic carbocycles. The number of para-hydroxylation sites is 1. The van der Waals surface area contributed by atoms with E-state index in [-0.39, 0.29) is 5.91 Å². The first-order chi connectivity index (χ1) is 11.4. The Morgan fingerprint density at radius 2 is 1.75 bits per heavy atom. The molecule has 2 rings (SSSR count). The van der Waals surface area contributed by atoms with E-state index in [1.807, 2.05) is 19.9 Å². The third-order valence-electron chi connectivity index (χ3n) is 3.97. The molecule has 0 bridgehead atoms. The zero-order chi connectivity index (χ0) is 17.7. The number of benzene rings is 2. The van der Waals surface area contributed by atoms with Crippen molar-refractivity contribution in [3.8, 4) is 17.6 Å². The van der Waals surface area contributed by atoms with Gasteiger partial charge in [-0.25, -0.2) is 0 Å². The van der Waals surface area contributed by atoms with Crippen LogP contribution in [0, 0.1) is 11.3 Å². The number of ether oxygens (including phenoxy) is 2. The average molecular weight is 324 g/mol. The van der Waals surface area contributed by atoms with E-state index in [0.29, 0.717) is 22.7 Å². The van der Waals surface area contributed by atoms with Crippen molar-refractivity contribution in [1.29, 1.82) is 5.26 Å². The number of nitriles is 1. The molecule has 0 atom stereocenters. The fourth-order valence-corrected chi connectivity index (χ4v) is 2.32. The van der Waals surface area contributed by atoms with Gasteiger partial charge in [-0.2, -0.15) is 5.26 Å². The number of amides is 1. The summed E-state index contributed by atoms with van der Waals surface area (Å²) in [5.74, 6) is 0.956. The lowest BCUT2D eigenvalue weighted by Gasteiger charge is -2.25. The zero-order valence-electron chi connectivity index (χ0n) is 14.2. The van der Waals surface area contributed by atoms with Crippen molar-refractivity contribution < 1.29 is 14.3 Å². The van der Waals surface area contributed by atoms with Crippen LogP contribution in [0.15, 0.2) is 42.5 Å². The molecule has 0 aliphatic carbocycles. The summed E-state index contributed by atoms with van der Waals surface area (Å²) in [6.07, 6.45) is 0. The summed E-state index contributed by atoms with van der Waals surface area (Å²) < 4.78 is 10.5. The lowest BCUT2D eigenvalue weighted by molar-refractivity contribution is -0.120. The Kier molecular flexibility index (Phi) is 5.10. The van der Waals surface area contributed by atoms with Gasteiger partial charge < -0.3 is 14.8 Å². The number of carbonyl (C=O) groups is 1. The normalized spacial score (nSPS) is 10.6. The van der Waals surface area contributed by atoms with E-state index in [2.05, 4.69) is 11.4 Å². The van der Waals surface area contributed by atoms with E-state index in [1.54, 1.807) is 50.6 Å². The van der Waals surface area contributed by atoms with Crippen LogP contribution in [0.4, 0.5) is 5.69 Å². The molecule has 5 heteroatoms. The lowest BCUT2D eigenvalue weighted by atomic mass is 9.83. The molecule has 0 radical (unpaired) electrons. The van der Waals surface area contributed by atoms with Gasteiger partial charge in [0.2, 0.25) is 5.91 Å². The molecular formula is C19H20N2O3. The summed E-state index contributed by atoms with van der Waals surface area (Å²) in [5, 5.41) is 12.0. The molecule has 0 spiro atoms. The van der Waals surface area contributed by atoms with Gasteiger partial charge in [-0.1, -0.05) is 18.2 Å². The largest absolute Gasteiger partial charge is 0.493 e. The molecule has 0 aliphatic heterocycles. The maximum absolute atomic E-state index is 12.8. The van der Waals surface area contributed by atoms with Gasteiger partial charge in [0.25, 0.3) is 0 Å². The molecule has 0 unspecified atom stereocenters. The van der Waals surface area contributed by atoms with E-state index in [9.17, 15) is 4.79 Å². The lowest BCUT2D eigenvalue weighted by Crippen LogP contribution is -2.35. The highest BCUT2D eigenvalue weighted by Gasteiger charge is 2.31. The van der Waals surface area contributed by atoms with Crippen LogP contribution in [0.2, 0.25) is 0 Å². The molecule has 0 saturated heterocycles. The topological polar surface area (TPSA) is 71.3 Å². The number of carbonyl (C=O) groups excluding carboxylic acids is 1. The number of methoxy groups -OCH3 is 2. The van der Waals surface area contributed by atoms with Crippen molar-refractivity contribution in [1.82, 2.24) is 0 Å². The predicted octanol–water partition coefficient (Wildman–Crippen LogP) is 3.49. The smallest absolute Gasteiger partial charge is 0.234 e. The van der Waals surface area contributed by atoms with Crippen LogP contribution < -0.4 is 14.8 Å². The highest BCUT2D eigenvalue weighted by Crippen LogP contribution is 2.34. The van der Waals surface area contributed by atoms with E-state index in [0.717, 1.165) is 5.56 Å². The Balaban J connectivity index is 2.32. The number of hydrogen-bond acceptors (Lipinski definition) is 4. The first-order valence-electron chi connectivity index (χ1n) is 7.47. The van der Waals surface area contributed by atoms with Crippen LogP contribution in [0.3, 0.4) is 0 Å². The van der Waals surface area contributed by atoms with Gasteiger partial charge >= 0.3 is 0 Å². The number of nitrogens with one attached hydrogen (secondary N) is 1. The minimum Gasteiger partial charge on any atom is -0.493 e. The number of rotatable bonds is 5. The highest BCUT2D eigenvalue weighted by atomic mass is 16.5. The van der Waals surface area contributed by atoms with Crippen LogP contribution in [0.5, 0.6) is 11.5 Å². The fourth-order valence-electron chi connectivity index (χ4n) is 2.32. The fraction of sp³-hybridized carbons (Fsp3) is 0.263. The first kappa shape index (κ1) is 17.4. The number of nitrogens with zero attached hydrogens (tertiary/aromatic N) is 1. The Bertz CT molecular complexity index is 791. The zero-order valence-corrected chi connectivity index (χ0v) is 14.2. The SMILES string of the molecule is COc1ccc(C(C)(C)C(=O)Nc2ccccc2C#N)cc1OC. The van der Waals surface area contributed by atoms with Crippen molar-refractivity contribution in [3.05, 3.63) is 53.6 Å². The van der Waals surface area contributed by atoms with Crippen LogP contribution in [-0.4, -0.2) is 20.1 Å². The molecule has 124 valence electrons. The van der Waals surface area contributed by atoms with Crippen LogP contribution in [0.25, 0.3) is 0 Å². The Labute approximate surface area is 141 Å². The molecule has 2 aromatic rings. The third kappa shape index (κ3) is 3.33. The van der Waals surface area contributed by atoms with Gasteiger partial charge in [-0.3, -0.25) is 4.79 Å². The summed E-state index contributed by atoms with van der Waals surface area (Å²) in [5.41, 5.74) is 0.891. The maximum atomic E-state index is 12.8. The highest BCUT2D eigenvalue weighted by molar-refractivity contribution is 5.99. The van der Waals surface area contributed by atoms with Crippen LogP contribution in [0.1, 0.15) is 25.0 Å². The molecular weight excluding hydrogens is 304 g/mol. The van der Waals surface area contributed by atoms with Crippen molar-refractivity contribution >= 4 is 11.6 Å². The Morgan fingerprint density at radius 1 is 1.08 bits per heavy atom. The van der Waals surface area contributed by atoms with Crippen LogP contribution in [-0.2, 0) is 10.2 Å². The molecule has 24 heavy (non-hydrogen) atoms. The molecule has 0 aliphatic rings. The monoisotopic (exact) mass is 324 g/mol. The van der Waals surface area contributed by atoms with Gasteiger partial charge in [0.05, 0.1) is 30.9 Å². The number of hydrogen-bond donors (Lipinski definition) is 1. The maximum Gasteiger partial charge on any atom is 0.234 e. The number of anilines is 1.